The molecular formula is C11H12N2O3S. The fraction of sp³-hybridized carbons (Fsp3) is 0.364. The molecule has 0 aliphatic heterocycles. The first kappa shape index (κ1) is 11.8. The third kappa shape index (κ3) is 1.95. The van der Waals surface area contributed by atoms with Gasteiger partial charge in [-0.3, -0.25) is 9.20 Å². The highest BCUT2D eigenvalue weighted by Gasteiger charge is 2.20. The van der Waals surface area contributed by atoms with Crippen LogP contribution < -0.4 is 0 Å². The second-order valence-electron chi connectivity index (χ2n) is 3.89. The van der Waals surface area contributed by atoms with Gasteiger partial charge in [-0.2, -0.15) is 0 Å². The van der Waals surface area contributed by atoms with Crippen LogP contribution >= 0.6 is 11.3 Å². The van der Waals surface area contributed by atoms with E-state index in [9.17, 15) is 9.59 Å². The van der Waals surface area contributed by atoms with Crippen molar-refractivity contribution in [3.63, 3.8) is 0 Å². The number of ether oxygens (including phenoxy) is 1. The molecule has 0 unspecified atom stereocenters. The highest BCUT2D eigenvalue weighted by Crippen LogP contribution is 2.24. The lowest BCUT2D eigenvalue weighted by Crippen LogP contribution is -2.11. The molecule has 0 saturated heterocycles. The summed E-state index contributed by atoms with van der Waals surface area (Å²) < 4.78 is 6.79. The number of hydrogen-bond donors (Lipinski definition) is 0. The lowest BCUT2D eigenvalue weighted by Gasteiger charge is -2.06. The second kappa shape index (κ2) is 4.29. The molecule has 0 N–H and O–H groups in total. The Bertz CT molecular complexity index is 583. The molecule has 2 aromatic heterocycles. The number of hydrogen-bond acceptors (Lipinski definition) is 5. The van der Waals surface area contributed by atoms with E-state index < -0.39 is 0 Å². The molecule has 5 nitrogen and oxygen atoms in total. The fourth-order valence-corrected chi connectivity index (χ4v) is 2.56. The zero-order valence-corrected chi connectivity index (χ0v) is 10.6. The number of imidazole rings is 1. The highest BCUT2D eigenvalue weighted by molar-refractivity contribution is 7.19. The quantitative estimate of drug-likeness (QED) is 0.620. The number of rotatable bonds is 3. The van der Waals surface area contributed by atoms with E-state index in [2.05, 4.69) is 4.98 Å². The summed E-state index contributed by atoms with van der Waals surface area (Å²) in [6.07, 6.45) is 2.04. The Morgan fingerprint density at radius 2 is 2.29 bits per heavy atom. The number of esters is 1. The van der Waals surface area contributed by atoms with Crippen molar-refractivity contribution >= 4 is 28.6 Å². The normalized spacial score (nSPS) is 11.1. The topological polar surface area (TPSA) is 60.7 Å². The van der Waals surface area contributed by atoms with Gasteiger partial charge < -0.3 is 4.74 Å². The fourth-order valence-electron chi connectivity index (χ4n) is 1.56. The first-order chi connectivity index (χ1) is 8.04. The van der Waals surface area contributed by atoms with Crippen LogP contribution in [0.1, 0.15) is 39.7 Å². The number of aryl methyl sites for hydroxylation is 1. The zero-order valence-electron chi connectivity index (χ0n) is 9.76. The summed E-state index contributed by atoms with van der Waals surface area (Å²) in [7, 11) is 0. The van der Waals surface area contributed by atoms with Crippen LogP contribution in [0.4, 0.5) is 0 Å². The number of thiazole rings is 1. The summed E-state index contributed by atoms with van der Waals surface area (Å²) in [5.74, 6) is -0.371. The van der Waals surface area contributed by atoms with Crippen LogP contribution in [0.2, 0.25) is 0 Å². The monoisotopic (exact) mass is 252 g/mol. The van der Waals surface area contributed by atoms with E-state index in [0.29, 0.717) is 21.2 Å². The number of aromatic nitrogens is 2. The van der Waals surface area contributed by atoms with Crippen LogP contribution in [-0.2, 0) is 4.74 Å². The lowest BCUT2D eigenvalue weighted by atomic mass is 10.3. The van der Waals surface area contributed by atoms with Gasteiger partial charge in [0.1, 0.15) is 10.6 Å². The van der Waals surface area contributed by atoms with E-state index in [-0.39, 0.29) is 12.1 Å². The molecule has 6 heteroatoms. The molecule has 0 saturated carbocycles. The van der Waals surface area contributed by atoms with Crippen molar-refractivity contribution in [1.29, 1.82) is 0 Å². The maximum Gasteiger partial charge on any atom is 0.350 e. The smallest absolute Gasteiger partial charge is 0.350 e. The molecule has 0 fully saturated rings. The second-order valence-corrected chi connectivity index (χ2v) is 4.87. The van der Waals surface area contributed by atoms with Gasteiger partial charge >= 0.3 is 5.97 Å². The minimum Gasteiger partial charge on any atom is -0.459 e. The molecule has 90 valence electrons. The largest absolute Gasteiger partial charge is 0.459 e. The van der Waals surface area contributed by atoms with Crippen molar-refractivity contribution in [2.45, 2.75) is 26.9 Å². The van der Waals surface area contributed by atoms with Crippen molar-refractivity contribution in [3.8, 4) is 0 Å². The standard InChI is InChI=1S/C11H12N2O3S/c1-6(2)16-10(15)9-7(3)13-8(5-14)4-12-11(13)17-9/h4-6H,1-3H3. The molecule has 2 heterocycles. The van der Waals surface area contributed by atoms with Crippen LogP contribution in [0.15, 0.2) is 6.20 Å². The van der Waals surface area contributed by atoms with Crippen molar-refractivity contribution in [3.05, 3.63) is 22.5 Å². The number of fused-ring (bicyclic) bond motifs is 1. The molecule has 0 amide bonds. The summed E-state index contributed by atoms with van der Waals surface area (Å²) in [6, 6.07) is 0. The summed E-state index contributed by atoms with van der Waals surface area (Å²) >= 11 is 1.23. The molecule has 0 aliphatic rings. The molecule has 0 bridgehead atoms. The maximum absolute atomic E-state index is 11.8. The number of carbonyl (C=O) groups excluding carboxylic acids is 2. The van der Waals surface area contributed by atoms with Crippen molar-refractivity contribution in [2.75, 3.05) is 0 Å². The van der Waals surface area contributed by atoms with Gasteiger partial charge in [0, 0.05) is 5.69 Å². The van der Waals surface area contributed by atoms with Gasteiger partial charge in [-0.25, -0.2) is 9.78 Å². The number of aldehydes is 1. The van der Waals surface area contributed by atoms with Crippen molar-refractivity contribution in [2.24, 2.45) is 0 Å². The number of nitrogens with zero attached hydrogens (tertiary/aromatic N) is 2. The summed E-state index contributed by atoms with van der Waals surface area (Å²) in [4.78, 5) is 27.8. The molecule has 2 rings (SSSR count). The minimum absolute atomic E-state index is 0.165. The van der Waals surface area contributed by atoms with Gasteiger partial charge in [0.25, 0.3) is 0 Å². The van der Waals surface area contributed by atoms with Crippen LogP contribution in [0, 0.1) is 6.92 Å². The van der Waals surface area contributed by atoms with E-state index in [1.807, 2.05) is 0 Å². The Labute approximate surface area is 102 Å². The Hall–Kier alpha value is -1.69. The van der Waals surface area contributed by atoms with E-state index >= 15 is 0 Å². The molecular weight excluding hydrogens is 240 g/mol. The van der Waals surface area contributed by atoms with Gasteiger partial charge in [-0.15, -0.1) is 0 Å². The van der Waals surface area contributed by atoms with E-state index in [0.717, 1.165) is 6.29 Å². The van der Waals surface area contributed by atoms with Gasteiger partial charge in [0.15, 0.2) is 11.2 Å². The summed E-state index contributed by atoms with van der Waals surface area (Å²) in [5, 5.41) is 0. The molecule has 0 aliphatic carbocycles. The van der Waals surface area contributed by atoms with Crippen molar-refractivity contribution in [1.82, 2.24) is 9.38 Å². The predicted octanol–water partition coefficient (Wildman–Crippen LogP) is 2.08. The third-order valence-corrected chi connectivity index (χ3v) is 3.40. The summed E-state index contributed by atoms with van der Waals surface area (Å²) in [6.45, 7) is 5.36. The van der Waals surface area contributed by atoms with Gasteiger partial charge in [-0.05, 0) is 20.8 Å². The molecule has 2 aromatic rings. The zero-order chi connectivity index (χ0) is 12.6. The first-order valence-corrected chi connectivity index (χ1v) is 5.99. The van der Waals surface area contributed by atoms with E-state index in [4.69, 9.17) is 4.74 Å². The number of carbonyl (C=O) groups is 2. The third-order valence-electron chi connectivity index (χ3n) is 2.26. The van der Waals surface area contributed by atoms with Gasteiger partial charge in [0.05, 0.1) is 12.3 Å². The molecule has 0 spiro atoms. The van der Waals surface area contributed by atoms with E-state index in [1.54, 1.807) is 25.2 Å². The van der Waals surface area contributed by atoms with Crippen LogP contribution in [0.5, 0.6) is 0 Å². The van der Waals surface area contributed by atoms with Crippen LogP contribution in [0.3, 0.4) is 0 Å². The van der Waals surface area contributed by atoms with Crippen LogP contribution in [-0.4, -0.2) is 27.7 Å². The average Bonchev–Trinajstić information content (AvgIpc) is 2.78. The molecule has 0 aromatic carbocycles. The van der Waals surface area contributed by atoms with Gasteiger partial charge in [0.2, 0.25) is 0 Å². The summed E-state index contributed by atoms with van der Waals surface area (Å²) in [5.41, 5.74) is 1.13. The molecule has 17 heavy (non-hydrogen) atoms. The predicted molar refractivity (Wildman–Crippen MR) is 63.7 cm³/mol. The van der Waals surface area contributed by atoms with Gasteiger partial charge in [-0.1, -0.05) is 11.3 Å². The maximum atomic E-state index is 11.8. The molecule has 0 radical (unpaired) electrons. The average molecular weight is 252 g/mol. The SMILES string of the molecule is Cc1c(C(=O)OC(C)C)sc2ncc(C=O)n12. The molecule has 0 atom stereocenters. The Kier molecular flexibility index (Phi) is 2.97. The minimum atomic E-state index is -0.371. The Morgan fingerprint density at radius 3 is 2.88 bits per heavy atom. The van der Waals surface area contributed by atoms with Crippen LogP contribution in [0.25, 0.3) is 4.96 Å². The first-order valence-electron chi connectivity index (χ1n) is 5.17. The Morgan fingerprint density at radius 1 is 1.59 bits per heavy atom. The van der Waals surface area contributed by atoms with Crippen molar-refractivity contribution < 1.29 is 14.3 Å². The van der Waals surface area contributed by atoms with E-state index in [1.165, 1.54) is 17.5 Å². The Balaban J connectivity index is 2.49. The lowest BCUT2D eigenvalue weighted by molar-refractivity contribution is 0.0382. The highest BCUT2D eigenvalue weighted by atomic mass is 32.1.